The minimum atomic E-state index is -1.16. The fourth-order valence-electron chi connectivity index (χ4n) is 6.71. The van der Waals surface area contributed by atoms with Gasteiger partial charge in [0.2, 0.25) is 0 Å². The second-order valence-electron chi connectivity index (χ2n) is 9.09. The number of hydrogen-bond donors (Lipinski definition) is 1. The molecule has 2 nitrogen and oxygen atoms in total. The summed E-state index contributed by atoms with van der Waals surface area (Å²) in [5, 5.41) is 11.1. The number of hydrogen-bond acceptors (Lipinski definition) is 2. The Kier molecular flexibility index (Phi) is 3.27. The standard InChI is InChI=1S/C22H28O2/c1-5-22(24)14(2)12-19-17-7-6-15-13-16(23)8-10-20(15,3)18(17)9-11-21(19,22)4/h1,6,17-19,24H,2,7-13H2,3-4H3/t17-,18-,19+,20+,21+,22?/m1/s1. The molecule has 128 valence electrons. The fraction of sp³-hybridized carbons (Fsp3) is 0.682. The summed E-state index contributed by atoms with van der Waals surface area (Å²) in [6.45, 7) is 8.70. The lowest BCUT2D eigenvalue weighted by atomic mass is 9.47. The van der Waals surface area contributed by atoms with Crippen molar-refractivity contribution in [2.45, 2.75) is 64.4 Å². The van der Waals surface area contributed by atoms with E-state index in [0.717, 1.165) is 44.1 Å². The molecule has 6 atom stereocenters. The van der Waals surface area contributed by atoms with E-state index in [1.807, 2.05) is 0 Å². The van der Waals surface area contributed by atoms with Crippen LogP contribution in [-0.4, -0.2) is 16.5 Å². The molecule has 0 amide bonds. The van der Waals surface area contributed by atoms with E-state index in [2.05, 4.69) is 32.4 Å². The number of carbonyl (C=O) groups excluding carboxylic acids is 1. The van der Waals surface area contributed by atoms with E-state index in [9.17, 15) is 9.90 Å². The third-order valence-electron chi connectivity index (χ3n) is 8.34. The predicted molar refractivity (Wildman–Crippen MR) is 95.0 cm³/mol. The lowest BCUT2D eigenvalue weighted by molar-refractivity contribution is -0.123. The zero-order valence-corrected chi connectivity index (χ0v) is 14.9. The van der Waals surface area contributed by atoms with E-state index >= 15 is 0 Å². The van der Waals surface area contributed by atoms with Gasteiger partial charge in [0, 0.05) is 18.3 Å². The monoisotopic (exact) mass is 324 g/mol. The van der Waals surface area contributed by atoms with Crippen LogP contribution in [0.4, 0.5) is 0 Å². The van der Waals surface area contributed by atoms with Crippen LogP contribution < -0.4 is 0 Å². The summed E-state index contributed by atoms with van der Waals surface area (Å²) in [5.74, 6) is 4.64. The Morgan fingerprint density at radius 3 is 2.79 bits per heavy atom. The van der Waals surface area contributed by atoms with Gasteiger partial charge in [-0.15, -0.1) is 6.42 Å². The van der Waals surface area contributed by atoms with Crippen molar-refractivity contribution in [1.29, 1.82) is 0 Å². The SMILES string of the molecule is C#CC1(O)C(=C)C[C@H]2[C@@H]3CC=C4CC(=O)CC[C@]4(C)[C@@H]3CC[C@@]21C. The molecule has 0 aromatic heterocycles. The van der Waals surface area contributed by atoms with Gasteiger partial charge < -0.3 is 5.11 Å². The predicted octanol–water partition coefficient (Wildman–Crippen LogP) is 4.05. The number of fused-ring (bicyclic) bond motifs is 5. The highest BCUT2D eigenvalue weighted by Gasteiger charge is 2.64. The summed E-state index contributed by atoms with van der Waals surface area (Å²) in [4.78, 5) is 11.9. The normalized spacial score (nSPS) is 50.4. The molecule has 4 aliphatic rings. The Morgan fingerprint density at radius 2 is 2.08 bits per heavy atom. The van der Waals surface area contributed by atoms with Crippen LogP contribution in [-0.2, 0) is 4.79 Å². The van der Waals surface area contributed by atoms with E-state index in [4.69, 9.17) is 6.42 Å². The first kappa shape index (κ1) is 16.2. The van der Waals surface area contributed by atoms with Gasteiger partial charge in [0.05, 0.1) is 0 Å². The molecule has 0 bridgehead atoms. The Balaban J connectivity index is 1.74. The summed E-state index contributed by atoms with van der Waals surface area (Å²) in [6.07, 6.45) is 14.4. The van der Waals surface area contributed by atoms with Gasteiger partial charge in [-0.2, -0.15) is 0 Å². The number of allylic oxidation sites excluding steroid dienone is 2. The topological polar surface area (TPSA) is 37.3 Å². The number of ketones is 1. The van der Waals surface area contributed by atoms with E-state index in [-0.39, 0.29) is 10.8 Å². The largest absolute Gasteiger partial charge is 0.373 e. The molecule has 0 radical (unpaired) electrons. The molecular weight excluding hydrogens is 296 g/mol. The molecular formula is C22H28O2. The van der Waals surface area contributed by atoms with E-state index in [1.165, 1.54) is 5.57 Å². The van der Waals surface area contributed by atoms with E-state index in [0.29, 0.717) is 30.0 Å². The van der Waals surface area contributed by atoms with Gasteiger partial charge >= 0.3 is 0 Å². The summed E-state index contributed by atoms with van der Waals surface area (Å²) in [5.41, 5.74) is 0.961. The Morgan fingerprint density at radius 1 is 1.33 bits per heavy atom. The van der Waals surface area contributed by atoms with Gasteiger partial charge in [0.15, 0.2) is 5.60 Å². The van der Waals surface area contributed by atoms with Crippen LogP contribution in [0, 0.1) is 40.9 Å². The third kappa shape index (κ3) is 1.75. The number of carbonyl (C=O) groups is 1. The van der Waals surface area contributed by atoms with Crippen LogP contribution in [0.25, 0.3) is 0 Å². The number of Topliss-reactive ketones (excluding diaryl/α,β-unsaturated/α-hetero) is 1. The summed E-state index contributed by atoms with van der Waals surface area (Å²) < 4.78 is 0. The van der Waals surface area contributed by atoms with Crippen molar-refractivity contribution in [1.82, 2.24) is 0 Å². The molecule has 1 unspecified atom stereocenters. The summed E-state index contributed by atoms with van der Waals surface area (Å²) in [7, 11) is 0. The van der Waals surface area contributed by atoms with Crippen molar-refractivity contribution >= 4 is 5.78 Å². The van der Waals surface area contributed by atoms with Gasteiger partial charge in [-0.25, -0.2) is 0 Å². The number of terminal acetylenes is 1. The Labute approximate surface area is 145 Å². The van der Waals surface area contributed by atoms with E-state index in [1.54, 1.807) is 0 Å². The maximum Gasteiger partial charge on any atom is 0.152 e. The average molecular weight is 324 g/mol. The number of aliphatic hydroxyl groups is 1. The van der Waals surface area contributed by atoms with Crippen molar-refractivity contribution in [2.75, 3.05) is 0 Å². The lowest BCUT2D eigenvalue weighted by Gasteiger charge is -2.57. The van der Waals surface area contributed by atoms with Crippen LogP contribution in [0.15, 0.2) is 23.8 Å². The number of rotatable bonds is 0. The van der Waals surface area contributed by atoms with Crippen molar-refractivity contribution in [2.24, 2.45) is 28.6 Å². The van der Waals surface area contributed by atoms with Crippen LogP contribution in [0.3, 0.4) is 0 Å². The molecule has 0 aliphatic heterocycles. The fourth-order valence-corrected chi connectivity index (χ4v) is 6.71. The minimum absolute atomic E-state index is 0.163. The molecule has 4 rings (SSSR count). The van der Waals surface area contributed by atoms with Crippen molar-refractivity contribution < 1.29 is 9.90 Å². The molecule has 3 fully saturated rings. The average Bonchev–Trinajstić information content (AvgIpc) is 2.76. The van der Waals surface area contributed by atoms with Crippen molar-refractivity contribution in [3.63, 3.8) is 0 Å². The van der Waals surface area contributed by atoms with Gasteiger partial charge in [-0.1, -0.05) is 38.0 Å². The molecule has 0 aromatic carbocycles. The molecule has 24 heavy (non-hydrogen) atoms. The zero-order chi connectivity index (χ0) is 17.3. The highest BCUT2D eigenvalue weighted by atomic mass is 16.3. The van der Waals surface area contributed by atoms with Gasteiger partial charge in [0.1, 0.15) is 5.78 Å². The van der Waals surface area contributed by atoms with E-state index < -0.39 is 5.60 Å². The second kappa shape index (κ2) is 4.85. The van der Waals surface area contributed by atoms with Crippen LogP contribution in [0.1, 0.15) is 58.8 Å². The maximum atomic E-state index is 11.9. The molecule has 1 N–H and O–H groups in total. The molecule has 0 heterocycles. The zero-order valence-electron chi connectivity index (χ0n) is 14.9. The second-order valence-corrected chi connectivity index (χ2v) is 9.09. The highest BCUT2D eigenvalue weighted by Crippen LogP contribution is 2.67. The summed E-state index contributed by atoms with van der Waals surface area (Å²) >= 11 is 0. The third-order valence-corrected chi connectivity index (χ3v) is 8.34. The first-order valence-electron chi connectivity index (χ1n) is 9.36. The lowest BCUT2D eigenvalue weighted by Crippen LogP contribution is -2.54. The minimum Gasteiger partial charge on any atom is -0.373 e. The van der Waals surface area contributed by atoms with Crippen molar-refractivity contribution in [3.8, 4) is 12.3 Å². The molecule has 0 saturated heterocycles. The van der Waals surface area contributed by atoms with Crippen molar-refractivity contribution in [3.05, 3.63) is 23.8 Å². The Hall–Kier alpha value is -1.33. The van der Waals surface area contributed by atoms with Crippen LogP contribution in [0.2, 0.25) is 0 Å². The quantitative estimate of drug-likeness (QED) is 0.539. The summed E-state index contributed by atoms with van der Waals surface area (Å²) in [6, 6.07) is 0. The van der Waals surface area contributed by atoms with Gasteiger partial charge in [0.25, 0.3) is 0 Å². The first-order valence-corrected chi connectivity index (χ1v) is 9.36. The molecule has 2 heteroatoms. The van der Waals surface area contributed by atoms with Gasteiger partial charge in [-0.3, -0.25) is 4.79 Å². The maximum absolute atomic E-state index is 11.9. The smallest absolute Gasteiger partial charge is 0.152 e. The first-order chi connectivity index (χ1) is 11.3. The Bertz CT molecular complexity index is 695. The molecule has 0 spiro atoms. The van der Waals surface area contributed by atoms with Gasteiger partial charge in [-0.05, 0) is 60.8 Å². The van der Waals surface area contributed by atoms with Crippen LogP contribution >= 0.6 is 0 Å². The molecule has 3 saturated carbocycles. The molecule has 4 aliphatic carbocycles. The highest BCUT2D eigenvalue weighted by molar-refractivity contribution is 5.82. The molecule has 0 aromatic rings. The van der Waals surface area contributed by atoms with Crippen LogP contribution in [0.5, 0.6) is 0 Å².